The molecule has 3 aromatic rings. The maximum absolute atomic E-state index is 10.9. The van der Waals surface area contributed by atoms with Crippen molar-refractivity contribution < 1.29 is 19.8 Å². The van der Waals surface area contributed by atoms with E-state index in [4.69, 9.17) is 10.2 Å². The van der Waals surface area contributed by atoms with Gasteiger partial charge >= 0.3 is 11.9 Å². The molecule has 4 nitrogen and oxygen atoms in total. The number of hydrogen-bond acceptors (Lipinski definition) is 2. The lowest BCUT2D eigenvalue weighted by Crippen LogP contribution is -1.95. The van der Waals surface area contributed by atoms with Gasteiger partial charge in [0.25, 0.3) is 0 Å². The van der Waals surface area contributed by atoms with Crippen molar-refractivity contribution in [3.63, 3.8) is 0 Å². The summed E-state index contributed by atoms with van der Waals surface area (Å²) >= 11 is 0. The van der Waals surface area contributed by atoms with E-state index in [0.29, 0.717) is 0 Å². The number of carboxylic acid groups (broad SMARTS) is 2. The van der Waals surface area contributed by atoms with Gasteiger partial charge < -0.3 is 10.2 Å². The number of aryl methyl sites for hydroxylation is 1. The number of aromatic carboxylic acids is 2. The summed E-state index contributed by atoms with van der Waals surface area (Å²) in [6.07, 6.45) is 0. The molecule has 0 spiro atoms. The monoisotopic (exact) mass is 332 g/mol. The topological polar surface area (TPSA) is 74.6 Å². The van der Waals surface area contributed by atoms with Gasteiger partial charge in [0.05, 0.1) is 11.1 Å². The summed E-state index contributed by atoms with van der Waals surface area (Å²) in [6, 6.07) is 19.5. The molecule has 0 amide bonds. The van der Waals surface area contributed by atoms with Crippen LogP contribution in [0.25, 0.3) is 22.3 Å². The summed E-state index contributed by atoms with van der Waals surface area (Å²) in [4.78, 5) is 21.9. The van der Waals surface area contributed by atoms with Crippen molar-refractivity contribution in [2.45, 2.75) is 6.92 Å². The molecule has 25 heavy (non-hydrogen) atoms. The lowest BCUT2D eigenvalue weighted by molar-refractivity contribution is 0.0686. The summed E-state index contributed by atoms with van der Waals surface area (Å²) in [7, 11) is 0. The first-order chi connectivity index (χ1) is 12.0. The molecule has 0 saturated carbocycles. The van der Waals surface area contributed by atoms with E-state index in [1.54, 1.807) is 48.5 Å². The highest BCUT2D eigenvalue weighted by Gasteiger charge is 2.08. The van der Waals surface area contributed by atoms with Crippen LogP contribution in [0.3, 0.4) is 0 Å². The Balaban J connectivity index is 1.92. The molecule has 0 saturated heterocycles. The Bertz CT molecular complexity index is 939. The number of hydrogen-bond donors (Lipinski definition) is 2. The normalized spacial score (nSPS) is 10.4. The largest absolute Gasteiger partial charge is 0.478 e. The van der Waals surface area contributed by atoms with Crippen LogP contribution in [0.1, 0.15) is 26.3 Å². The minimum Gasteiger partial charge on any atom is -0.478 e. The van der Waals surface area contributed by atoms with Crippen LogP contribution >= 0.6 is 0 Å². The maximum Gasteiger partial charge on any atom is 0.335 e. The molecular formula is C21H16O4. The molecule has 0 aliphatic heterocycles. The molecule has 0 radical (unpaired) electrons. The Morgan fingerprint density at radius 3 is 1.52 bits per heavy atom. The molecule has 0 atom stereocenters. The highest BCUT2D eigenvalue weighted by Crippen LogP contribution is 2.29. The van der Waals surface area contributed by atoms with E-state index in [0.717, 1.165) is 27.8 Å². The Hall–Kier alpha value is -3.40. The van der Waals surface area contributed by atoms with E-state index in [2.05, 4.69) is 0 Å². The molecule has 0 bridgehead atoms. The molecule has 0 heterocycles. The van der Waals surface area contributed by atoms with Gasteiger partial charge in [0.15, 0.2) is 0 Å². The van der Waals surface area contributed by atoms with E-state index in [1.165, 1.54) is 0 Å². The minimum atomic E-state index is -0.942. The second kappa shape index (κ2) is 6.61. The molecule has 3 rings (SSSR count). The van der Waals surface area contributed by atoms with Crippen LogP contribution in [0.15, 0.2) is 66.7 Å². The third-order valence-electron chi connectivity index (χ3n) is 4.13. The molecule has 0 aliphatic carbocycles. The molecule has 124 valence electrons. The van der Waals surface area contributed by atoms with Crippen molar-refractivity contribution in [3.05, 3.63) is 83.4 Å². The van der Waals surface area contributed by atoms with Gasteiger partial charge in [-0.1, -0.05) is 42.5 Å². The fraction of sp³-hybridized carbons (Fsp3) is 0.0476. The first-order valence-electron chi connectivity index (χ1n) is 7.74. The van der Waals surface area contributed by atoms with E-state index < -0.39 is 11.9 Å². The van der Waals surface area contributed by atoms with E-state index in [1.807, 2.05) is 25.1 Å². The summed E-state index contributed by atoms with van der Waals surface area (Å²) in [5.41, 5.74) is 5.51. The van der Waals surface area contributed by atoms with Crippen molar-refractivity contribution in [2.75, 3.05) is 0 Å². The van der Waals surface area contributed by atoms with Crippen molar-refractivity contribution >= 4 is 11.9 Å². The van der Waals surface area contributed by atoms with E-state index in [9.17, 15) is 9.59 Å². The zero-order valence-corrected chi connectivity index (χ0v) is 13.6. The fourth-order valence-corrected chi connectivity index (χ4v) is 2.76. The maximum atomic E-state index is 10.9. The van der Waals surface area contributed by atoms with Crippen molar-refractivity contribution in [3.8, 4) is 22.3 Å². The summed E-state index contributed by atoms with van der Waals surface area (Å²) in [6.45, 7) is 2.00. The Labute approximate surface area is 145 Å². The van der Waals surface area contributed by atoms with Crippen molar-refractivity contribution in [1.82, 2.24) is 0 Å². The second-order valence-electron chi connectivity index (χ2n) is 5.79. The quantitative estimate of drug-likeness (QED) is 0.724. The average Bonchev–Trinajstić information content (AvgIpc) is 2.62. The van der Waals surface area contributed by atoms with Gasteiger partial charge in [-0.15, -0.1) is 0 Å². The molecular weight excluding hydrogens is 316 g/mol. The van der Waals surface area contributed by atoms with Crippen LogP contribution in [-0.2, 0) is 0 Å². The Morgan fingerprint density at radius 1 is 0.640 bits per heavy atom. The zero-order valence-electron chi connectivity index (χ0n) is 13.6. The predicted molar refractivity (Wildman–Crippen MR) is 96.0 cm³/mol. The van der Waals surface area contributed by atoms with Gasteiger partial charge in [0.1, 0.15) is 0 Å². The SMILES string of the molecule is Cc1cc(-c2ccc(C(=O)O)cc2)ccc1-c1ccc(C(=O)O)cc1. The number of benzene rings is 3. The second-order valence-corrected chi connectivity index (χ2v) is 5.79. The van der Waals surface area contributed by atoms with Crippen LogP contribution in [0.4, 0.5) is 0 Å². The Morgan fingerprint density at radius 2 is 1.08 bits per heavy atom. The number of carboxylic acids is 2. The van der Waals surface area contributed by atoms with Crippen LogP contribution in [-0.4, -0.2) is 22.2 Å². The third kappa shape index (κ3) is 3.43. The number of carbonyl (C=O) groups is 2. The van der Waals surface area contributed by atoms with Crippen LogP contribution in [0, 0.1) is 6.92 Å². The van der Waals surface area contributed by atoms with Crippen molar-refractivity contribution in [1.29, 1.82) is 0 Å². The minimum absolute atomic E-state index is 0.260. The smallest absolute Gasteiger partial charge is 0.335 e. The first-order valence-corrected chi connectivity index (χ1v) is 7.74. The summed E-state index contributed by atoms with van der Waals surface area (Å²) in [5, 5.41) is 18.0. The van der Waals surface area contributed by atoms with Gasteiger partial charge in [0, 0.05) is 0 Å². The highest BCUT2D eigenvalue weighted by atomic mass is 16.4. The van der Waals surface area contributed by atoms with Crippen LogP contribution < -0.4 is 0 Å². The average molecular weight is 332 g/mol. The predicted octanol–water partition coefficient (Wildman–Crippen LogP) is 4.73. The first kappa shape index (κ1) is 16.5. The summed E-state index contributed by atoms with van der Waals surface area (Å²) in [5.74, 6) is -1.88. The Kier molecular flexibility index (Phi) is 4.35. The molecule has 0 aliphatic rings. The molecule has 4 heteroatoms. The lowest BCUT2D eigenvalue weighted by Gasteiger charge is -2.10. The van der Waals surface area contributed by atoms with Gasteiger partial charge in [-0.05, 0) is 59.0 Å². The van der Waals surface area contributed by atoms with Crippen molar-refractivity contribution in [2.24, 2.45) is 0 Å². The van der Waals surface area contributed by atoms with Gasteiger partial charge in [-0.2, -0.15) is 0 Å². The molecule has 0 fully saturated rings. The molecule has 2 N–H and O–H groups in total. The molecule has 0 unspecified atom stereocenters. The van der Waals surface area contributed by atoms with Gasteiger partial charge in [-0.25, -0.2) is 9.59 Å². The third-order valence-corrected chi connectivity index (χ3v) is 4.13. The van der Waals surface area contributed by atoms with E-state index in [-0.39, 0.29) is 11.1 Å². The molecule has 0 aromatic heterocycles. The van der Waals surface area contributed by atoms with Crippen LogP contribution in [0.5, 0.6) is 0 Å². The van der Waals surface area contributed by atoms with Gasteiger partial charge in [-0.3, -0.25) is 0 Å². The zero-order chi connectivity index (χ0) is 18.0. The fourth-order valence-electron chi connectivity index (χ4n) is 2.76. The molecule has 3 aromatic carbocycles. The van der Waals surface area contributed by atoms with Gasteiger partial charge in [0.2, 0.25) is 0 Å². The summed E-state index contributed by atoms with van der Waals surface area (Å²) < 4.78 is 0. The van der Waals surface area contributed by atoms with Crippen LogP contribution in [0.2, 0.25) is 0 Å². The van der Waals surface area contributed by atoms with E-state index >= 15 is 0 Å². The standard InChI is InChI=1S/C21H16O4/c1-13-12-18(14-2-6-16(7-3-14)20(22)23)10-11-19(13)15-4-8-17(9-5-15)21(24)25/h2-12H,1H3,(H,22,23)(H,24,25). The highest BCUT2D eigenvalue weighted by molar-refractivity contribution is 5.89. The number of rotatable bonds is 4. The lowest BCUT2D eigenvalue weighted by atomic mass is 9.95.